The van der Waals surface area contributed by atoms with Crippen LogP contribution in [0, 0.1) is 6.92 Å². The van der Waals surface area contributed by atoms with E-state index >= 15 is 0 Å². The van der Waals surface area contributed by atoms with Crippen molar-refractivity contribution in [3.63, 3.8) is 0 Å². The number of aryl methyl sites for hydroxylation is 1. The summed E-state index contributed by atoms with van der Waals surface area (Å²) in [6, 6.07) is 4.51. The number of hydrogen-bond acceptors (Lipinski definition) is 2. The number of benzene rings is 1. The minimum absolute atomic E-state index is 0.116. The molecule has 0 heterocycles. The Kier molecular flexibility index (Phi) is 4.24. The number of ether oxygens (including phenoxy) is 1. The van der Waals surface area contributed by atoms with Crippen molar-refractivity contribution in [1.29, 1.82) is 0 Å². The second-order valence-electron chi connectivity index (χ2n) is 3.31. The average molecular weight is 249 g/mol. The van der Waals surface area contributed by atoms with Gasteiger partial charge in [0.2, 0.25) is 0 Å². The molecule has 0 bridgehead atoms. The lowest BCUT2D eigenvalue weighted by molar-refractivity contribution is -0.0501. The topological polar surface area (TPSA) is 26.3 Å². The molecule has 1 atom stereocenters. The van der Waals surface area contributed by atoms with Crippen LogP contribution in [0.25, 0.3) is 0 Å². The van der Waals surface area contributed by atoms with Crippen LogP contribution in [0.2, 0.25) is 0 Å². The van der Waals surface area contributed by atoms with Crippen LogP contribution in [-0.4, -0.2) is 17.8 Å². The predicted molar refractivity (Wildman–Crippen MR) is 57.5 cm³/mol. The molecule has 5 heteroatoms. The van der Waals surface area contributed by atoms with Crippen LogP contribution in [-0.2, 0) is 0 Å². The first kappa shape index (κ1) is 12.9. The van der Waals surface area contributed by atoms with E-state index in [1.165, 1.54) is 13.0 Å². The lowest BCUT2D eigenvalue weighted by atomic mass is 10.0. The third-order valence-electron chi connectivity index (χ3n) is 2.06. The Morgan fingerprint density at radius 2 is 2.06 bits per heavy atom. The number of carbonyl (C=O) groups excluding carboxylic acids is 1. The highest BCUT2D eigenvalue weighted by Gasteiger charge is 2.21. The third kappa shape index (κ3) is 2.92. The minimum Gasteiger partial charge on any atom is -0.434 e. The Labute approximate surface area is 97.2 Å². The van der Waals surface area contributed by atoms with Crippen LogP contribution in [0.5, 0.6) is 5.75 Å². The molecule has 0 fully saturated rings. The van der Waals surface area contributed by atoms with Gasteiger partial charge in [-0.15, -0.1) is 11.6 Å². The SMILES string of the molecule is Cc1cccc(OC(F)F)c1C(=O)C(C)Cl. The maximum Gasteiger partial charge on any atom is 0.387 e. The quantitative estimate of drug-likeness (QED) is 0.603. The number of Topliss-reactive ketones (excluding diaryl/α,β-unsaturated/α-hetero) is 1. The van der Waals surface area contributed by atoms with Crippen LogP contribution < -0.4 is 4.74 Å². The number of alkyl halides is 3. The third-order valence-corrected chi connectivity index (χ3v) is 2.26. The fraction of sp³-hybridized carbons (Fsp3) is 0.364. The monoisotopic (exact) mass is 248 g/mol. The molecular formula is C11H11ClF2O2. The molecule has 88 valence electrons. The number of ketones is 1. The van der Waals surface area contributed by atoms with Crippen molar-refractivity contribution in [3.05, 3.63) is 29.3 Å². The summed E-state index contributed by atoms with van der Waals surface area (Å²) in [5, 5.41) is -0.777. The molecule has 1 aromatic rings. The lowest BCUT2D eigenvalue weighted by Gasteiger charge is -2.13. The van der Waals surface area contributed by atoms with Gasteiger partial charge < -0.3 is 4.74 Å². The van der Waals surface area contributed by atoms with Crippen molar-refractivity contribution in [2.24, 2.45) is 0 Å². The number of rotatable bonds is 4. The van der Waals surface area contributed by atoms with Gasteiger partial charge in [-0.25, -0.2) is 0 Å². The minimum atomic E-state index is -2.96. The van der Waals surface area contributed by atoms with E-state index in [0.717, 1.165) is 0 Å². The van der Waals surface area contributed by atoms with Gasteiger partial charge in [0.25, 0.3) is 0 Å². The molecule has 0 saturated heterocycles. The molecule has 0 N–H and O–H groups in total. The lowest BCUT2D eigenvalue weighted by Crippen LogP contribution is -2.15. The Hall–Kier alpha value is -1.16. The Bertz CT molecular complexity index is 392. The second-order valence-corrected chi connectivity index (χ2v) is 3.96. The first-order valence-corrected chi connectivity index (χ1v) is 5.10. The van der Waals surface area contributed by atoms with Gasteiger partial charge in [-0.3, -0.25) is 4.79 Å². The summed E-state index contributed by atoms with van der Waals surface area (Å²) in [6.45, 7) is 0.173. The molecule has 0 aliphatic carbocycles. The molecule has 2 nitrogen and oxygen atoms in total. The largest absolute Gasteiger partial charge is 0.434 e. The summed E-state index contributed by atoms with van der Waals surface area (Å²) in [6.07, 6.45) is 0. The summed E-state index contributed by atoms with van der Waals surface area (Å²) >= 11 is 5.65. The summed E-state index contributed by atoms with van der Waals surface area (Å²) < 4.78 is 28.5. The number of hydrogen-bond donors (Lipinski definition) is 0. The van der Waals surface area contributed by atoms with E-state index in [2.05, 4.69) is 4.74 Å². The van der Waals surface area contributed by atoms with Crippen LogP contribution in [0.1, 0.15) is 22.8 Å². The molecule has 0 aliphatic rings. The van der Waals surface area contributed by atoms with Crippen LogP contribution in [0.4, 0.5) is 8.78 Å². The second kappa shape index (κ2) is 5.25. The van der Waals surface area contributed by atoms with Crippen molar-refractivity contribution in [2.45, 2.75) is 25.8 Å². The van der Waals surface area contributed by atoms with E-state index in [1.54, 1.807) is 19.1 Å². The van der Waals surface area contributed by atoms with Gasteiger partial charge in [-0.05, 0) is 25.5 Å². The first-order valence-electron chi connectivity index (χ1n) is 4.66. The Morgan fingerprint density at radius 1 is 1.44 bits per heavy atom. The van der Waals surface area contributed by atoms with Gasteiger partial charge in [0.1, 0.15) is 5.75 Å². The van der Waals surface area contributed by atoms with Gasteiger partial charge in [0.15, 0.2) is 5.78 Å². The smallest absolute Gasteiger partial charge is 0.387 e. The molecule has 0 saturated carbocycles. The Balaban J connectivity index is 3.18. The Morgan fingerprint density at radius 3 is 2.56 bits per heavy atom. The number of carbonyl (C=O) groups is 1. The standard InChI is InChI=1S/C11H11ClF2O2/c1-6-4-3-5-8(16-11(13)14)9(6)10(15)7(2)12/h3-5,7,11H,1-2H3. The zero-order valence-electron chi connectivity index (χ0n) is 8.84. The molecule has 0 amide bonds. The molecule has 0 radical (unpaired) electrons. The van der Waals surface area contributed by atoms with E-state index in [9.17, 15) is 13.6 Å². The van der Waals surface area contributed by atoms with Crippen LogP contribution in [0.3, 0.4) is 0 Å². The van der Waals surface area contributed by atoms with Crippen molar-refractivity contribution in [1.82, 2.24) is 0 Å². The highest BCUT2D eigenvalue weighted by Crippen LogP contribution is 2.26. The molecular weight excluding hydrogens is 238 g/mol. The van der Waals surface area contributed by atoms with E-state index in [4.69, 9.17) is 11.6 Å². The number of halogens is 3. The fourth-order valence-electron chi connectivity index (χ4n) is 1.35. The molecule has 1 rings (SSSR count). The molecule has 0 aliphatic heterocycles. The highest BCUT2D eigenvalue weighted by atomic mass is 35.5. The maximum atomic E-state index is 12.1. The van der Waals surface area contributed by atoms with Crippen molar-refractivity contribution >= 4 is 17.4 Å². The van der Waals surface area contributed by atoms with Crippen LogP contribution in [0.15, 0.2) is 18.2 Å². The summed E-state index contributed by atoms with van der Waals surface area (Å²) in [4.78, 5) is 11.7. The molecule has 0 aromatic heterocycles. The molecule has 1 aromatic carbocycles. The first-order chi connectivity index (χ1) is 7.43. The van der Waals surface area contributed by atoms with E-state index in [-0.39, 0.29) is 11.3 Å². The van der Waals surface area contributed by atoms with E-state index in [1.807, 2.05) is 0 Å². The van der Waals surface area contributed by atoms with E-state index in [0.29, 0.717) is 5.56 Å². The predicted octanol–water partition coefficient (Wildman–Crippen LogP) is 3.41. The van der Waals surface area contributed by atoms with E-state index < -0.39 is 17.8 Å². The van der Waals surface area contributed by atoms with Crippen molar-refractivity contribution in [3.8, 4) is 5.75 Å². The van der Waals surface area contributed by atoms with Gasteiger partial charge in [-0.2, -0.15) is 8.78 Å². The zero-order chi connectivity index (χ0) is 12.3. The van der Waals surface area contributed by atoms with Crippen molar-refractivity contribution < 1.29 is 18.3 Å². The van der Waals surface area contributed by atoms with Gasteiger partial charge >= 0.3 is 6.61 Å². The average Bonchev–Trinajstić information content (AvgIpc) is 2.16. The maximum absolute atomic E-state index is 12.1. The fourth-order valence-corrected chi connectivity index (χ4v) is 1.46. The van der Waals surface area contributed by atoms with Crippen molar-refractivity contribution in [2.75, 3.05) is 0 Å². The van der Waals surface area contributed by atoms with Gasteiger partial charge in [0.05, 0.1) is 10.9 Å². The summed E-state index contributed by atoms with van der Waals surface area (Å²) in [5.74, 6) is -0.553. The zero-order valence-corrected chi connectivity index (χ0v) is 9.59. The molecule has 1 unspecified atom stereocenters. The normalized spacial score (nSPS) is 12.6. The van der Waals surface area contributed by atoms with Gasteiger partial charge in [-0.1, -0.05) is 12.1 Å². The highest BCUT2D eigenvalue weighted by molar-refractivity contribution is 6.34. The van der Waals surface area contributed by atoms with Crippen LogP contribution >= 0.6 is 11.6 Å². The van der Waals surface area contributed by atoms with Gasteiger partial charge in [0, 0.05) is 0 Å². The molecule has 0 spiro atoms. The molecule has 16 heavy (non-hydrogen) atoms. The summed E-state index contributed by atoms with van der Waals surface area (Å²) in [7, 11) is 0. The summed E-state index contributed by atoms with van der Waals surface area (Å²) in [5.41, 5.74) is 0.681.